The monoisotopic (exact) mass is 444 g/mol. The summed E-state index contributed by atoms with van der Waals surface area (Å²) in [6, 6.07) is 21.6. The van der Waals surface area contributed by atoms with Gasteiger partial charge in [0.25, 0.3) is 5.91 Å². The standard InChI is InChI=1S/C26H24N2O5/c29-23(17-7-6-10-20(13-17)33-19-8-2-1-3-9-19)14-18-15-31-25-22(16-32-24(18)25)28-26(30)21-11-4-5-12-27-21/h1-13,18,22,24-25H,14-16H2,(H,28,30)/t18-,22-,24+,25+/m0/s1. The molecule has 1 aromatic heterocycles. The topological polar surface area (TPSA) is 86.8 Å². The van der Waals surface area contributed by atoms with E-state index in [0.29, 0.717) is 42.4 Å². The predicted octanol–water partition coefficient (Wildman–Crippen LogP) is 3.66. The van der Waals surface area contributed by atoms with E-state index in [-0.39, 0.29) is 35.9 Å². The van der Waals surface area contributed by atoms with Crippen molar-refractivity contribution in [2.75, 3.05) is 13.2 Å². The Balaban J connectivity index is 1.19. The molecule has 0 radical (unpaired) electrons. The molecule has 5 rings (SSSR count). The van der Waals surface area contributed by atoms with Crippen LogP contribution in [-0.4, -0.2) is 48.1 Å². The Labute approximate surface area is 191 Å². The number of nitrogens with zero attached hydrogens (tertiary/aromatic N) is 1. The Morgan fingerprint density at radius 1 is 0.909 bits per heavy atom. The third-order valence-electron chi connectivity index (χ3n) is 5.95. The van der Waals surface area contributed by atoms with Crippen LogP contribution in [0.5, 0.6) is 11.5 Å². The summed E-state index contributed by atoms with van der Waals surface area (Å²) in [4.78, 5) is 29.5. The van der Waals surface area contributed by atoms with Gasteiger partial charge in [-0.1, -0.05) is 36.4 Å². The number of benzene rings is 2. The highest BCUT2D eigenvalue weighted by molar-refractivity contribution is 5.96. The second kappa shape index (κ2) is 9.52. The van der Waals surface area contributed by atoms with Gasteiger partial charge in [0.15, 0.2) is 5.78 Å². The van der Waals surface area contributed by atoms with Crippen molar-refractivity contribution >= 4 is 11.7 Å². The molecule has 7 nitrogen and oxygen atoms in total. The molecule has 0 aliphatic carbocycles. The first kappa shape index (κ1) is 21.3. The minimum Gasteiger partial charge on any atom is -0.457 e. The van der Waals surface area contributed by atoms with E-state index in [9.17, 15) is 9.59 Å². The summed E-state index contributed by atoms with van der Waals surface area (Å²) >= 11 is 0. The highest BCUT2D eigenvalue weighted by Crippen LogP contribution is 2.34. The number of hydrogen-bond donors (Lipinski definition) is 1. The predicted molar refractivity (Wildman–Crippen MR) is 120 cm³/mol. The van der Waals surface area contributed by atoms with Crippen molar-refractivity contribution in [3.05, 3.63) is 90.3 Å². The van der Waals surface area contributed by atoms with Crippen LogP contribution in [-0.2, 0) is 9.47 Å². The van der Waals surface area contributed by atoms with E-state index in [2.05, 4.69) is 10.3 Å². The number of Topliss-reactive ketones (excluding diaryl/α,β-unsaturated/α-hetero) is 1. The Bertz CT molecular complexity index is 1120. The van der Waals surface area contributed by atoms with Crippen LogP contribution in [0.2, 0.25) is 0 Å². The van der Waals surface area contributed by atoms with Gasteiger partial charge >= 0.3 is 0 Å². The molecule has 0 saturated carbocycles. The largest absolute Gasteiger partial charge is 0.457 e. The third kappa shape index (κ3) is 4.79. The maximum atomic E-state index is 13.0. The number of fused-ring (bicyclic) bond motifs is 1. The number of rotatable bonds is 7. The lowest BCUT2D eigenvalue weighted by Gasteiger charge is -2.17. The van der Waals surface area contributed by atoms with Crippen LogP contribution >= 0.6 is 0 Å². The van der Waals surface area contributed by atoms with Crippen molar-refractivity contribution in [2.24, 2.45) is 5.92 Å². The van der Waals surface area contributed by atoms with Gasteiger partial charge in [0.05, 0.1) is 25.4 Å². The quantitative estimate of drug-likeness (QED) is 0.560. The van der Waals surface area contributed by atoms with Crippen LogP contribution < -0.4 is 10.1 Å². The number of aromatic nitrogens is 1. The molecule has 1 N–H and O–H groups in total. The second-order valence-electron chi connectivity index (χ2n) is 8.22. The van der Waals surface area contributed by atoms with Crippen molar-refractivity contribution in [1.82, 2.24) is 10.3 Å². The summed E-state index contributed by atoms with van der Waals surface area (Å²) in [5, 5.41) is 2.95. The maximum Gasteiger partial charge on any atom is 0.270 e. The van der Waals surface area contributed by atoms with E-state index in [1.54, 1.807) is 36.5 Å². The van der Waals surface area contributed by atoms with E-state index < -0.39 is 0 Å². The minimum absolute atomic E-state index is 0.00679. The first-order chi connectivity index (χ1) is 16.2. The van der Waals surface area contributed by atoms with Gasteiger partial charge in [-0.15, -0.1) is 0 Å². The summed E-state index contributed by atoms with van der Waals surface area (Å²) in [6.07, 6.45) is 1.38. The lowest BCUT2D eigenvalue weighted by molar-refractivity contribution is 0.0591. The number of carbonyl (C=O) groups is 2. The van der Waals surface area contributed by atoms with Crippen molar-refractivity contribution in [1.29, 1.82) is 0 Å². The smallest absolute Gasteiger partial charge is 0.270 e. The lowest BCUT2D eigenvalue weighted by Crippen LogP contribution is -2.44. The number of pyridine rings is 1. The van der Waals surface area contributed by atoms with Gasteiger partial charge in [0, 0.05) is 24.1 Å². The van der Waals surface area contributed by atoms with Crippen molar-refractivity contribution in [3.8, 4) is 11.5 Å². The van der Waals surface area contributed by atoms with Gasteiger partial charge in [0.2, 0.25) is 0 Å². The van der Waals surface area contributed by atoms with E-state index >= 15 is 0 Å². The molecular formula is C26H24N2O5. The first-order valence-corrected chi connectivity index (χ1v) is 11.0. The van der Waals surface area contributed by atoms with Crippen molar-refractivity contribution < 1.29 is 23.8 Å². The lowest BCUT2D eigenvalue weighted by atomic mass is 9.92. The first-order valence-electron chi connectivity index (χ1n) is 11.0. The van der Waals surface area contributed by atoms with Gasteiger partial charge in [-0.3, -0.25) is 14.6 Å². The fraction of sp³-hybridized carbons (Fsp3) is 0.269. The van der Waals surface area contributed by atoms with Crippen LogP contribution in [0.3, 0.4) is 0 Å². The molecule has 2 aliphatic heterocycles. The summed E-state index contributed by atoms with van der Waals surface area (Å²) in [5.41, 5.74) is 0.938. The summed E-state index contributed by atoms with van der Waals surface area (Å²) in [6.45, 7) is 0.760. The molecule has 2 saturated heterocycles. The van der Waals surface area contributed by atoms with Gasteiger partial charge in [0.1, 0.15) is 23.3 Å². The highest BCUT2D eigenvalue weighted by Gasteiger charge is 2.48. The molecular weight excluding hydrogens is 420 g/mol. The number of hydrogen-bond acceptors (Lipinski definition) is 6. The molecule has 2 aliphatic rings. The molecule has 33 heavy (non-hydrogen) atoms. The number of ether oxygens (including phenoxy) is 3. The SMILES string of the molecule is O=C(C[C@H]1CO[C@H]2[C@@H]1OC[C@@H]2NC(=O)c1ccccn1)c1cccc(Oc2ccccc2)c1. The van der Waals surface area contributed by atoms with Gasteiger partial charge in [-0.25, -0.2) is 0 Å². The third-order valence-corrected chi connectivity index (χ3v) is 5.95. The normalized spacial score (nSPS) is 23.6. The molecule has 2 fully saturated rings. The second-order valence-corrected chi connectivity index (χ2v) is 8.22. The molecule has 168 valence electrons. The summed E-state index contributed by atoms with van der Waals surface area (Å²) < 4.78 is 17.7. The number of nitrogens with one attached hydrogen (secondary N) is 1. The van der Waals surface area contributed by atoms with Crippen LogP contribution in [0.25, 0.3) is 0 Å². The Morgan fingerprint density at radius 3 is 2.52 bits per heavy atom. The average Bonchev–Trinajstić information content (AvgIpc) is 3.44. The van der Waals surface area contributed by atoms with E-state index in [1.165, 1.54) is 0 Å². The number of para-hydroxylation sites is 1. The fourth-order valence-electron chi connectivity index (χ4n) is 4.33. The Kier molecular flexibility index (Phi) is 6.15. The van der Waals surface area contributed by atoms with E-state index in [4.69, 9.17) is 14.2 Å². The maximum absolute atomic E-state index is 13.0. The van der Waals surface area contributed by atoms with Crippen molar-refractivity contribution in [2.45, 2.75) is 24.7 Å². The minimum atomic E-state index is -0.275. The van der Waals surface area contributed by atoms with Gasteiger partial charge in [-0.2, -0.15) is 0 Å². The zero-order chi connectivity index (χ0) is 22.6. The molecule has 0 bridgehead atoms. The molecule has 0 unspecified atom stereocenters. The molecule has 3 aromatic rings. The van der Waals surface area contributed by atoms with Gasteiger partial charge in [-0.05, 0) is 36.4 Å². The molecule has 2 aromatic carbocycles. The van der Waals surface area contributed by atoms with Crippen LogP contribution in [0.1, 0.15) is 27.3 Å². The fourth-order valence-corrected chi connectivity index (χ4v) is 4.33. The number of carbonyl (C=O) groups excluding carboxylic acids is 2. The summed E-state index contributed by atoms with van der Waals surface area (Å²) in [7, 11) is 0. The van der Waals surface area contributed by atoms with Crippen LogP contribution in [0.15, 0.2) is 79.0 Å². The van der Waals surface area contributed by atoms with E-state index in [1.807, 2.05) is 42.5 Å². The number of ketones is 1. The highest BCUT2D eigenvalue weighted by atomic mass is 16.6. The molecule has 4 atom stereocenters. The van der Waals surface area contributed by atoms with Crippen LogP contribution in [0.4, 0.5) is 0 Å². The molecule has 1 amide bonds. The number of amides is 1. The molecule has 3 heterocycles. The molecule has 7 heteroatoms. The Morgan fingerprint density at radius 2 is 1.70 bits per heavy atom. The van der Waals surface area contributed by atoms with Gasteiger partial charge < -0.3 is 19.5 Å². The van der Waals surface area contributed by atoms with Crippen LogP contribution in [0, 0.1) is 5.92 Å². The zero-order valence-electron chi connectivity index (χ0n) is 17.9. The van der Waals surface area contributed by atoms with E-state index in [0.717, 1.165) is 0 Å². The Hall–Kier alpha value is -3.55. The zero-order valence-corrected chi connectivity index (χ0v) is 17.9. The molecule has 0 spiro atoms. The van der Waals surface area contributed by atoms with Crippen molar-refractivity contribution in [3.63, 3.8) is 0 Å². The summed E-state index contributed by atoms with van der Waals surface area (Å²) in [5.74, 6) is 1.00. The average molecular weight is 444 g/mol.